The first kappa shape index (κ1) is 25.0. The highest BCUT2D eigenvalue weighted by molar-refractivity contribution is 9.10. The molecule has 0 aromatic heterocycles. The van der Waals surface area contributed by atoms with Gasteiger partial charge in [-0.2, -0.15) is 0 Å². The first-order valence-corrected chi connectivity index (χ1v) is 11.5. The van der Waals surface area contributed by atoms with Crippen LogP contribution in [0.1, 0.15) is 28.4 Å². The molecule has 0 saturated carbocycles. The van der Waals surface area contributed by atoms with Gasteiger partial charge >= 0.3 is 5.97 Å². The zero-order valence-corrected chi connectivity index (χ0v) is 21.1. The lowest BCUT2D eigenvalue weighted by molar-refractivity contribution is 0.0697. The van der Waals surface area contributed by atoms with Gasteiger partial charge in [0.05, 0.1) is 29.4 Å². The molecule has 9 heteroatoms. The van der Waals surface area contributed by atoms with Crippen molar-refractivity contribution in [3.8, 4) is 17.2 Å². The summed E-state index contributed by atoms with van der Waals surface area (Å²) in [5.74, 6) is 0.658. The van der Waals surface area contributed by atoms with Gasteiger partial charge in [-0.1, -0.05) is 29.3 Å². The average molecular weight is 555 g/mol. The van der Waals surface area contributed by atoms with E-state index in [0.29, 0.717) is 50.6 Å². The zero-order chi connectivity index (χ0) is 24.0. The van der Waals surface area contributed by atoms with Crippen LogP contribution in [0, 0.1) is 0 Å². The number of benzene rings is 3. The van der Waals surface area contributed by atoms with E-state index in [2.05, 4.69) is 21.2 Å². The summed E-state index contributed by atoms with van der Waals surface area (Å²) >= 11 is 15.8. The molecule has 0 unspecified atom stereocenters. The maximum absolute atomic E-state index is 11.3. The van der Waals surface area contributed by atoms with Crippen LogP contribution < -0.4 is 19.5 Å². The zero-order valence-electron chi connectivity index (χ0n) is 18.0. The van der Waals surface area contributed by atoms with Crippen molar-refractivity contribution in [2.75, 3.05) is 19.0 Å². The molecule has 0 aliphatic carbocycles. The molecular formula is C24H22BrCl2NO5. The Balaban J connectivity index is 1.81. The molecule has 3 rings (SSSR count). The number of anilines is 1. The Hall–Kier alpha value is -2.61. The summed E-state index contributed by atoms with van der Waals surface area (Å²) in [6.45, 7) is 2.99. The molecule has 0 aliphatic rings. The number of aromatic carboxylic acids is 1. The average Bonchev–Trinajstić information content (AvgIpc) is 2.78. The summed E-state index contributed by atoms with van der Waals surface area (Å²) in [4.78, 5) is 11.3. The lowest BCUT2D eigenvalue weighted by atomic mass is 10.1. The van der Waals surface area contributed by atoms with Gasteiger partial charge in [0.25, 0.3) is 0 Å². The van der Waals surface area contributed by atoms with E-state index in [0.717, 1.165) is 11.1 Å². The fourth-order valence-corrected chi connectivity index (χ4v) is 4.16. The molecule has 3 aromatic carbocycles. The van der Waals surface area contributed by atoms with Gasteiger partial charge in [0.15, 0.2) is 11.5 Å². The highest BCUT2D eigenvalue weighted by Crippen LogP contribution is 2.38. The highest BCUT2D eigenvalue weighted by atomic mass is 79.9. The van der Waals surface area contributed by atoms with Crippen LogP contribution in [-0.4, -0.2) is 24.8 Å². The maximum atomic E-state index is 11.3. The number of carboxylic acids is 1. The monoisotopic (exact) mass is 553 g/mol. The van der Waals surface area contributed by atoms with Gasteiger partial charge in [-0.25, -0.2) is 4.79 Å². The van der Waals surface area contributed by atoms with E-state index in [4.69, 9.17) is 37.4 Å². The molecule has 0 radical (unpaired) electrons. The fourth-order valence-electron chi connectivity index (χ4n) is 3.09. The summed E-state index contributed by atoms with van der Waals surface area (Å²) in [6, 6.07) is 13.7. The summed E-state index contributed by atoms with van der Waals surface area (Å²) in [5.41, 5.74) is 2.43. The summed E-state index contributed by atoms with van der Waals surface area (Å²) in [5, 5.41) is 13.6. The number of hydrogen-bond acceptors (Lipinski definition) is 5. The number of carboxylic acid groups (broad SMARTS) is 1. The predicted molar refractivity (Wildman–Crippen MR) is 133 cm³/mol. The third-order valence-electron chi connectivity index (χ3n) is 4.69. The molecule has 0 aliphatic heterocycles. The van der Waals surface area contributed by atoms with Crippen LogP contribution in [0.2, 0.25) is 10.0 Å². The number of nitrogens with one attached hydrogen (secondary N) is 1. The summed E-state index contributed by atoms with van der Waals surface area (Å²) in [6.07, 6.45) is 0. The van der Waals surface area contributed by atoms with Crippen molar-refractivity contribution >= 4 is 50.8 Å². The maximum Gasteiger partial charge on any atom is 0.335 e. The Bertz CT molecular complexity index is 1160. The van der Waals surface area contributed by atoms with Crippen LogP contribution in [0.15, 0.2) is 53.0 Å². The molecule has 0 bridgehead atoms. The molecule has 0 spiro atoms. The molecule has 0 heterocycles. The Morgan fingerprint density at radius 3 is 2.52 bits per heavy atom. The van der Waals surface area contributed by atoms with Gasteiger partial charge in [0.2, 0.25) is 0 Å². The quantitative estimate of drug-likeness (QED) is 0.279. The van der Waals surface area contributed by atoms with E-state index in [1.165, 1.54) is 19.2 Å². The number of methoxy groups -OCH3 is 1. The van der Waals surface area contributed by atoms with E-state index in [9.17, 15) is 9.90 Å². The molecule has 0 fully saturated rings. The highest BCUT2D eigenvalue weighted by Gasteiger charge is 2.15. The van der Waals surface area contributed by atoms with E-state index in [-0.39, 0.29) is 12.2 Å². The Kier molecular flexibility index (Phi) is 8.72. The second-order valence-corrected chi connectivity index (χ2v) is 8.63. The normalized spacial score (nSPS) is 10.6. The van der Waals surface area contributed by atoms with Gasteiger partial charge in [0.1, 0.15) is 12.4 Å². The molecule has 33 heavy (non-hydrogen) atoms. The second kappa shape index (κ2) is 11.5. The number of halogens is 3. The predicted octanol–water partition coefficient (Wildman–Crippen LogP) is 7.05. The Labute approximate surface area is 210 Å². The molecular weight excluding hydrogens is 533 g/mol. The standard InChI is InChI=1S/C24H22BrCl2NO5/c1-3-32-22-9-14(12-28-20-10-15(24(29)30)5-7-21(20)31-2)8-18(25)23(22)33-13-16-4-6-17(26)11-19(16)27/h4-11,28H,3,12-13H2,1-2H3,(H,29,30). The minimum absolute atomic E-state index is 0.166. The number of ether oxygens (including phenoxy) is 3. The van der Waals surface area contributed by atoms with Gasteiger partial charge in [-0.05, 0) is 70.9 Å². The van der Waals surface area contributed by atoms with Crippen molar-refractivity contribution in [3.05, 3.63) is 79.7 Å². The smallest absolute Gasteiger partial charge is 0.335 e. The molecule has 3 aromatic rings. The van der Waals surface area contributed by atoms with Crippen molar-refractivity contribution in [3.63, 3.8) is 0 Å². The third-order valence-corrected chi connectivity index (χ3v) is 5.86. The van der Waals surface area contributed by atoms with Crippen LogP contribution in [0.5, 0.6) is 17.2 Å². The van der Waals surface area contributed by atoms with Crippen molar-refractivity contribution in [1.29, 1.82) is 0 Å². The largest absolute Gasteiger partial charge is 0.495 e. The van der Waals surface area contributed by atoms with Crippen LogP contribution in [0.3, 0.4) is 0 Å². The van der Waals surface area contributed by atoms with Crippen molar-refractivity contribution in [1.82, 2.24) is 0 Å². The number of rotatable bonds is 10. The Morgan fingerprint density at radius 2 is 1.85 bits per heavy atom. The summed E-state index contributed by atoms with van der Waals surface area (Å²) in [7, 11) is 1.53. The third kappa shape index (κ3) is 6.47. The lowest BCUT2D eigenvalue weighted by Crippen LogP contribution is -2.06. The van der Waals surface area contributed by atoms with Crippen LogP contribution in [0.4, 0.5) is 5.69 Å². The van der Waals surface area contributed by atoms with E-state index >= 15 is 0 Å². The Morgan fingerprint density at radius 1 is 1.06 bits per heavy atom. The molecule has 174 valence electrons. The van der Waals surface area contributed by atoms with E-state index < -0.39 is 5.97 Å². The fraction of sp³-hybridized carbons (Fsp3) is 0.208. The molecule has 2 N–H and O–H groups in total. The first-order valence-electron chi connectivity index (χ1n) is 9.99. The first-order chi connectivity index (χ1) is 15.8. The van der Waals surface area contributed by atoms with Crippen LogP contribution in [-0.2, 0) is 13.2 Å². The molecule has 6 nitrogen and oxygen atoms in total. The van der Waals surface area contributed by atoms with Gasteiger partial charge in [-0.15, -0.1) is 0 Å². The van der Waals surface area contributed by atoms with E-state index in [1.54, 1.807) is 18.2 Å². The minimum atomic E-state index is -1.01. The molecule has 0 saturated heterocycles. The summed E-state index contributed by atoms with van der Waals surface area (Å²) < 4.78 is 17.9. The number of hydrogen-bond donors (Lipinski definition) is 2. The molecule has 0 atom stereocenters. The van der Waals surface area contributed by atoms with Crippen molar-refractivity contribution in [2.24, 2.45) is 0 Å². The van der Waals surface area contributed by atoms with Crippen molar-refractivity contribution < 1.29 is 24.1 Å². The van der Waals surface area contributed by atoms with Gasteiger partial charge in [-0.3, -0.25) is 0 Å². The lowest BCUT2D eigenvalue weighted by Gasteiger charge is -2.17. The topological polar surface area (TPSA) is 77.0 Å². The van der Waals surface area contributed by atoms with Gasteiger partial charge < -0.3 is 24.6 Å². The van der Waals surface area contributed by atoms with Crippen LogP contribution in [0.25, 0.3) is 0 Å². The van der Waals surface area contributed by atoms with E-state index in [1.807, 2.05) is 25.1 Å². The number of carbonyl (C=O) groups is 1. The van der Waals surface area contributed by atoms with Crippen LogP contribution >= 0.6 is 39.1 Å². The molecule has 0 amide bonds. The second-order valence-electron chi connectivity index (χ2n) is 6.94. The minimum Gasteiger partial charge on any atom is -0.495 e. The SMILES string of the molecule is CCOc1cc(CNc2cc(C(=O)O)ccc2OC)cc(Br)c1OCc1ccc(Cl)cc1Cl. The van der Waals surface area contributed by atoms with Crippen molar-refractivity contribution in [2.45, 2.75) is 20.1 Å². The van der Waals surface area contributed by atoms with Gasteiger partial charge in [0, 0.05) is 22.2 Å².